The highest BCUT2D eigenvalue weighted by Crippen LogP contribution is 2.29. The number of hydrogen-bond donors (Lipinski definition) is 2. The Morgan fingerprint density at radius 2 is 1.83 bits per heavy atom. The molecule has 1 heterocycles. The van der Waals surface area contributed by atoms with Crippen molar-refractivity contribution in [1.29, 1.82) is 0 Å². The first-order chi connectivity index (χ1) is 11.1. The summed E-state index contributed by atoms with van der Waals surface area (Å²) in [4.78, 5) is 31.4. The van der Waals surface area contributed by atoms with Gasteiger partial charge in [0, 0.05) is 18.4 Å². The van der Waals surface area contributed by atoms with Crippen molar-refractivity contribution in [3.63, 3.8) is 0 Å². The molecule has 24 heavy (non-hydrogen) atoms. The van der Waals surface area contributed by atoms with Gasteiger partial charge in [0.25, 0.3) is 5.56 Å². The number of carbonyl (C=O) groups is 1. The lowest BCUT2D eigenvalue weighted by Gasteiger charge is -2.39. The Morgan fingerprint density at radius 3 is 2.50 bits per heavy atom. The first-order valence-corrected chi connectivity index (χ1v) is 8.39. The molecule has 5 heteroatoms. The van der Waals surface area contributed by atoms with Crippen molar-refractivity contribution in [2.45, 2.75) is 59.4 Å². The zero-order valence-electron chi connectivity index (χ0n) is 15.2. The maximum atomic E-state index is 12.2. The van der Waals surface area contributed by atoms with Gasteiger partial charge in [0.2, 0.25) is 5.91 Å². The number of aryl methyl sites for hydroxylation is 1. The van der Waals surface area contributed by atoms with Crippen LogP contribution in [0.15, 0.2) is 29.1 Å². The molecular formula is C19H27N3O2. The number of carbonyl (C=O) groups excluding carboxylic acids is 1. The van der Waals surface area contributed by atoms with E-state index >= 15 is 0 Å². The minimum absolute atomic E-state index is 0.0200. The van der Waals surface area contributed by atoms with Crippen molar-refractivity contribution < 1.29 is 4.79 Å². The molecule has 1 aromatic heterocycles. The summed E-state index contributed by atoms with van der Waals surface area (Å²) in [5.74, 6) is 0.652. The highest BCUT2D eigenvalue weighted by Gasteiger charge is 2.33. The van der Waals surface area contributed by atoms with E-state index in [4.69, 9.17) is 0 Å². The predicted molar refractivity (Wildman–Crippen MR) is 97.0 cm³/mol. The largest absolute Gasteiger partial charge is 0.351 e. The number of H-pyrrole nitrogens is 1. The third-order valence-electron chi connectivity index (χ3n) is 4.81. The summed E-state index contributed by atoms with van der Waals surface area (Å²) >= 11 is 0. The van der Waals surface area contributed by atoms with Crippen molar-refractivity contribution in [3.8, 4) is 0 Å². The summed E-state index contributed by atoms with van der Waals surface area (Å²) < 4.78 is 0. The van der Waals surface area contributed by atoms with Crippen LogP contribution in [0.25, 0.3) is 10.9 Å². The molecule has 0 atom stereocenters. The highest BCUT2D eigenvalue weighted by molar-refractivity contribution is 5.77. The predicted octanol–water partition coefficient (Wildman–Crippen LogP) is 3.19. The molecule has 0 spiro atoms. The second-order valence-corrected chi connectivity index (χ2v) is 7.81. The number of nitrogens with one attached hydrogen (secondary N) is 2. The van der Waals surface area contributed by atoms with Crippen LogP contribution >= 0.6 is 0 Å². The summed E-state index contributed by atoms with van der Waals surface area (Å²) in [7, 11) is 0. The molecule has 0 aliphatic heterocycles. The maximum Gasteiger partial charge on any atom is 0.258 e. The number of aromatic nitrogens is 2. The number of fused-ring (bicyclic) bond motifs is 1. The number of nitrogens with zero attached hydrogens (tertiary/aromatic N) is 1. The van der Waals surface area contributed by atoms with Crippen LogP contribution in [0.3, 0.4) is 0 Å². The van der Waals surface area contributed by atoms with Gasteiger partial charge in [-0.3, -0.25) is 9.59 Å². The number of para-hydroxylation sites is 1. The molecular weight excluding hydrogens is 302 g/mol. The third-order valence-corrected chi connectivity index (χ3v) is 4.81. The average Bonchev–Trinajstić information content (AvgIpc) is 2.45. The highest BCUT2D eigenvalue weighted by atomic mass is 16.1. The fourth-order valence-electron chi connectivity index (χ4n) is 2.27. The van der Waals surface area contributed by atoms with Crippen molar-refractivity contribution in [2.75, 3.05) is 0 Å². The van der Waals surface area contributed by atoms with Crippen molar-refractivity contribution in [1.82, 2.24) is 15.3 Å². The van der Waals surface area contributed by atoms with Gasteiger partial charge in [-0.25, -0.2) is 4.98 Å². The van der Waals surface area contributed by atoms with Crippen LogP contribution in [0.2, 0.25) is 0 Å². The van der Waals surface area contributed by atoms with E-state index in [1.54, 1.807) is 6.07 Å². The summed E-state index contributed by atoms with van der Waals surface area (Å²) in [6.07, 6.45) is 1.63. The van der Waals surface area contributed by atoms with Crippen molar-refractivity contribution in [2.24, 2.45) is 5.41 Å². The van der Waals surface area contributed by atoms with E-state index in [0.717, 1.165) is 0 Å². The van der Waals surface area contributed by atoms with Crippen LogP contribution in [0.4, 0.5) is 0 Å². The number of aromatic amines is 1. The van der Waals surface area contributed by atoms with E-state index in [0.29, 0.717) is 36.0 Å². The summed E-state index contributed by atoms with van der Waals surface area (Å²) in [6, 6.07) is 7.26. The summed E-state index contributed by atoms with van der Waals surface area (Å²) in [6.45, 7) is 10.4. The Balaban J connectivity index is 1.95. The lowest BCUT2D eigenvalue weighted by Crippen LogP contribution is -2.52. The Hall–Kier alpha value is -2.17. The fourth-order valence-corrected chi connectivity index (χ4v) is 2.27. The molecule has 1 amide bonds. The summed E-state index contributed by atoms with van der Waals surface area (Å²) in [5, 5.41) is 3.68. The molecule has 0 fully saturated rings. The molecule has 0 radical (unpaired) electrons. The standard InChI is InChI=1S/C19H27N3O2/c1-18(2,3)19(4,5)22-16(23)12-8-11-15-20-14-10-7-6-9-13(14)17(24)21-15/h6-7,9-10H,8,11-12H2,1-5H3,(H,22,23)(H,20,21,24). The van der Waals surface area contributed by atoms with Gasteiger partial charge in [-0.05, 0) is 37.8 Å². The smallest absolute Gasteiger partial charge is 0.258 e. The van der Waals surface area contributed by atoms with Crippen molar-refractivity contribution in [3.05, 3.63) is 40.4 Å². The Labute approximate surface area is 142 Å². The third kappa shape index (κ3) is 4.22. The van der Waals surface area contributed by atoms with Gasteiger partial charge < -0.3 is 10.3 Å². The molecule has 2 N–H and O–H groups in total. The first-order valence-electron chi connectivity index (χ1n) is 8.39. The number of benzene rings is 1. The molecule has 2 rings (SSSR count). The van der Waals surface area contributed by atoms with E-state index < -0.39 is 0 Å². The molecule has 0 saturated carbocycles. The number of hydrogen-bond acceptors (Lipinski definition) is 3. The molecule has 1 aromatic carbocycles. The van der Waals surface area contributed by atoms with Crippen LogP contribution in [0.1, 0.15) is 53.3 Å². The Morgan fingerprint density at radius 1 is 1.17 bits per heavy atom. The normalized spacial score (nSPS) is 12.4. The van der Waals surface area contributed by atoms with Gasteiger partial charge in [-0.2, -0.15) is 0 Å². The molecule has 0 saturated heterocycles. The number of rotatable bonds is 5. The Bertz CT molecular complexity index is 785. The van der Waals surface area contributed by atoms with Gasteiger partial charge in [-0.15, -0.1) is 0 Å². The van der Waals surface area contributed by atoms with Gasteiger partial charge in [0.1, 0.15) is 5.82 Å². The zero-order valence-corrected chi connectivity index (χ0v) is 15.2. The quantitative estimate of drug-likeness (QED) is 0.884. The maximum absolute atomic E-state index is 12.2. The Kier molecular flexibility index (Phi) is 5.11. The van der Waals surface area contributed by atoms with Gasteiger partial charge in [-0.1, -0.05) is 32.9 Å². The molecule has 0 bridgehead atoms. The van der Waals surface area contributed by atoms with E-state index in [2.05, 4.69) is 36.1 Å². The second-order valence-electron chi connectivity index (χ2n) is 7.81. The molecule has 5 nitrogen and oxygen atoms in total. The first kappa shape index (κ1) is 18.2. The van der Waals surface area contributed by atoms with E-state index in [1.165, 1.54) is 0 Å². The molecule has 0 unspecified atom stereocenters. The van der Waals surface area contributed by atoms with Crippen LogP contribution in [0, 0.1) is 5.41 Å². The van der Waals surface area contributed by atoms with E-state index in [1.807, 2.05) is 32.0 Å². The molecule has 0 aliphatic rings. The van der Waals surface area contributed by atoms with Crippen LogP contribution in [-0.4, -0.2) is 21.4 Å². The minimum Gasteiger partial charge on any atom is -0.351 e. The fraction of sp³-hybridized carbons (Fsp3) is 0.526. The number of amides is 1. The van der Waals surface area contributed by atoms with Gasteiger partial charge >= 0.3 is 0 Å². The molecule has 2 aromatic rings. The second kappa shape index (κ2) is 6.75. The topological polar surface area (TPSA) is 74.8 Å². The average molecular weight is 329 g/mol. The van der Waals surface area contributed by atoms with Crippen molar-refractivity contribution >= 4 is 16.8 Å². The van der Waals surface area contributed by atoms with Gasteiger partial charge in [0.15, 0.2) is 0 Å². The minimum atomic E-state index is -0.278. The molecule has 130 valence electrons. The van der Waals surface area contributed by atoms with Crippen LogP contribution in [-0.2, 0) is 11.2 Å². The monoisotopic (exact) mass is 329 g/mol. The van der Waals surface area contributed by atoms with E-state index in [-0.39, 0.29) is 22.4 Å². The van der Waals surface area contributed by atoms with Gasteiger partial charge in [0.05, 0.1) is 10.9 Å². The lowest BCUT2D eigenvalue weighted by molar-refractivity contribution is -0.124. The van der Waals surface area contributed by atoms with Crippen LogP contribution < -0.4 is 10.9 Å². The summed E-state index contributed by atoms with van der Waals surface area (Å²) in [5.41, 5.74) is 0.261. The SMILES string of the molecule is CC(C)(C)C(C)(C)NC(=O)CCCc1nc2ccccc2c(=O)[nH]1. The van der Waals surface area contributed by atoms with Crippen LogP contribution in [0.5, 0.6) is 0 Å². The van der Waals surface area contributed by atoms with E-state index in [9.17, 15) is 9.59 Å². The zero-order chi connectivity index (χ0) is 18.0. The lowest BCUT2D eigenvalue weighted by atomic mass is 9.76. The molecule has 0 aliphatic carbocycles.